The lowest BCUT2D eigenvalue weighted by Crippen LogP contribution is -2.36. The maximum atomic E-state index is 4.38. The van der Waals surface area contributed by atoms with Crippen LogP contribution in [0.2, 0.25) is 0 Å². The fourth-order valence-electron chi connectivity index (χ4n) is 2.48. The number of aromatic nitrogens is 3. The molecule has 0 spiro atoms. The Morgan fingerprint density at radius 1 is 1.41 bits per heavy atom. The predicted molar refractivity (Wildman–Crippen MR) is 72.2 cm³/mol. The Kier molecular flexibility index (Phi) is 4.98. The average molecular weight is 301 g/mol. The zero-order chi connectivity index (χ0) is 12.1. The number of rotatable bonds is 4. The normalized spacial score (nSPS) is 22.6. The van der Waals surface area contributed by atoms with Gasteiger partial charge in [0.15, 0.2) is 0 Å². The first-order valence-electron chi connectivity index (χ1n) is 6.51. The van der Waals surface area contributed by atoms with Crippen LogP contribution in [0, 0.1) is 0 Å². The number of hydrogen-bond donors (Lipinski definition) is 0. The van der Waals surface area contributed by atoms with Gasteiger partial charge in [0.1, 0.15) is 12.2 Å². The summed E-state index contributed by atoms with van der Waals surface area (Å²) in [5.41, 5.74) is 0. The van der Waals surface area contributed by atoms with Crippen molar-refractivity contribution in [3.05, 3.63) is 12.2 Å². The van der Waals surface area contributed by atoms with E-state index in [-0.39, 0.29) is 0 Å². The van der Waals surface area contributed by atoms with E-state index in [1.807, 2.05) is 4.68 Å². The Morgan fingerprint density at radius 2 is 2.29 bits per heavy atom. The van der Waals surface area contributed by atoms with Gasteiger partial charge in [0.2, 0.25) is 0 Å². The van der Waals surface area contributed by atoms with Gasteiger partial charge in [-0.2, -0.15) is 5.10 Å². The molecule has 0 amide bonds. The molecule has 0 aliphatic carbocycles. The van der Waals surface area contributed by atoms with Crippen LogP contribution in [-0.2, 0) is 13.1 Å². The predicted octanol–water partition coefficient (Wildman–Crippen LogP) is 2.44. The molecule has 5 heteroatoms. The van der Waals surface area contributed by atoms with Gasteiger partial charge in [-0.05, 0) is 26.3 Å². The number of nitrogens with zero attached hydrogens (tertiary/aromatic N) is 4. The maximum Gasteiger partial charge on any atom is 0.141 e. The molecule has 1 atom stereocenters. The topological polar surface area (TPSA) is 34.0 Å². The van der Waals surface area contributed by atoms with Gasteiger partial charge in [-0.1, -0.05) is 28.8 Å². The molecule has 0 aromatic carbocycles. The second kappa shape index (κ2) is 6.50. The summed E-state index contributed by atoms with van der Waals surface area (Å²) in [4.78, 5) is 6.93. The zero-order valence-corrected chi connectivity index (χ0v) is 12.1. The fourth-order valence-corrected chi connectivity index (χ4v) is 3.21. The summed E-state index contributed by atoms with van der Waals surface area (Å²) in [6.07, 6.45) is 6.99. The molecule has 0 radical (unpaired) electrons. The van der Waals surface area contributed by atoms with Gasteiger partial charge in [-0.25, -0.2) is 9.67 Å². The lowest BCUT2D eigenvalue weighted by molar-refractivity contribution is 0.200. The van der Waals surface area contributed by atoms with Crippen molar-refractivity contribution in [3.8, 4) is 0 Å². The van der Waals surface area contributed by atoms with Gasteiger partial charge >= 0.3 is 0 Å². The number of aryl methyl sites for hydroxylation is 1. The minimum absolute atomic E-state index is 0.652. The lowest BCUT2D eigenvalue weighted by Gasteiger charge is -2.27. The number of hydrogen-bond acceptors (Lipinski definition) is 3. The quantitative estimate of drug-likeness (QED) is 0.801. The summed E-state index contributed by atoms with van der Waals surface area (Å²) in [5.74, 6) is 1.10. The van der Waals surface area contributed by atoms with E-state index in [0.29, 0.717) is 6.04 Å². The van der Waals surface area contributed by atoms with Crippen LogP contribution in [0.15, 0.2) is 6.33 Å². The highest BCUT2D eigenvalue weighted by molar-refractivity contribution is 9.09. The zero-order valence-electron chi connectivity index (χ0n) is 10.5. The molecule has 0 N–H and O–H groups in total. The van der Waals surface area contributed by atoms with Crippen LogP contribution in [0.1, 0.15) is 38.4 Å². The molecule has 1 aliphatic rings. The highest BCUT2D eigenvalue weighted by Gasteiger charge is 2.21. The van der Waals surface area contributed by atoms with Gasteiger partial charge < -0.3 is 0 Å². The number of likely N-dealkylation sites (tertiary alicyclic amines) is 1. The third-order valence-electron chi connectivity index (χ3n) is 3.52. The summed E-state index contributed by atoms with van der Waals surface area (Å²) in [5, 5.41) is 5.30. The molecule has 2 rings (SSSR count). The Balaban J connectivity index is 2.04. The molecule has 4 nitrogen and oxygen atoms in total. The van der Waals surface area contributed by atoms with Crippen molar-refractivity contribution in [1.82, 2.24) is 19.7 Å². The summed E-state index contributed by atoms with van der Waals surface area (Å²) in [7, 11) is 0. The van der Waals surface area contributed by atoms with Crippen molar-refractivity contribution in [1.29, 1.82) is 0 Å². The molecule has 1 aromatic heterocycles. The molecule has 96 valence electrons. The smallest absolute Gasteiger partial charge is 0.141 e. The molecule has 1 unspecified atom stereocenters. The maximum absolute atomic E-state index is 4.38. The first-order valence-corrected chi connectivity index (χ1v) is 7.64. The average Bonchev–Trinajstić information content (AvgIpc) is 2.67. The van der Waals surface area contributed by atoms with E-state index >= 15 is 0 Å². The van der Waals surface area contributed by atoms with Gasteiger partial charge in [0.05, 0.1) is 6.54 Å². The molecule has 17 heavy (non-hydrogen) atoms. The molecular formula is C12H21BrN4. The SMILES string of the molecule is CCn1ncnc1CN1CCCCCC1CBr. The minimum Gasteiger partial charge on any atom is -0.292 e. The molecular weight excluding hydrogens is 280 g/mol. The highest BCUT2D eigenvalue weighted by Crippen LogP contribution is 2.20. The largest absolute Gasteiger partial charge is 0.292 e. The summed E-state index contributed by atoms with van der Waals surface area (Å²) < 4.78 is 2.00. The monoisotopic (exact) mass is 300 g/mol. The van der Waals surface area contributed by atoms with E-state index in [4.69, 9.17) is 0 Å². The van der Waals surface area contributed by atoms with Crippen LogP contribution < -0.4 is 0 Å². The first-order chi connectivity index (χ1) is 8.35. The van der Waals surface area contributed by atoms with Gasteiger partial charge in [0.25, 0.3) is 0 Å². The number of halogens is 1. The third kappa shape index (κ3) is 3.28. The molecule has 1 aromatic rings. The van der Waals surface area contributed by atoms with Crippen LogP contribution in [0.25, 0.3) is 0 Å². The Bertz CT molecular complexity index is 339. The van der Waals surface area contributed by atoms with Crippen molar-refractivity contribution in [2.24, 2.45) is 0 Å². The van der Waals surface area contributed by atoms with E-state index in [9.17, 15) is 0 Å². The van der Waals surface area contributed by atoms with Crippen LogP contribution in [0.5, 0.6) is 0 Å². The van der Waals surface area contributed by atoms with Gasteiger partial charge in [-0.3, -0.25) is 4.90 Å². The van der Waals surface area contributed by atoms with Crippen molar-refractivity contribution in [3.63, 3.8) is 0 Å². The van der Waals surface area contributed by atoms with E-state index < -0.39 is 0 Å². The first kappa shape index (κ1) is 13.0. The van der Waals surface area contributed by atoms with Crippen LogP contribution in [-0.4, -0.2) is 37.6 Å². The van der Waals surface area contributed by atoms with Gasteiger partial charge in [0, 0.05) is 17.9 Å². The summed E-state index contributed by atoms with van der Waals surface area (Å²) in [6, 6.07) is 0.652. The molecule has 0 bridgehead atoms. The molecule has 1 aliphatic heterocycles. The lowest BCUT2D eigenvalue weighted by atomic mass is 10.1. The van der Waals surface area contributed by atoms with E-state index in [0.717, 1.165) is 24.2 Å². The summed E-state index contributed by atoms with van der Waals surface area (Å²) >= 11 is 3.64. The van der Waals surface area contributed by atoms with Crippen molar-refractivity contribution >= 4 is 15.9 Å². The molecule has 0 saturated carbocycles. The molecule has 1 fully saturated rings. The highest BCUT2D eigenvalue weighted by atomic mass is 79.9. The van der Waals surface area contributed by atoms with Gasteiger partial charge in [-0.15, -0.1) is 0 Å². The summed E-state index contributed by atoms with van der Waals surface area (Å²) in [6.45, 7) is 5.14. The third-order valence-corrected chi connectivity index (χ3v) is 4.26. The van der Waals surface area contributed by atoms with Crippen LogP contribution >= 0.6 is 15.9 Å². The standard InChI is InChI=1S/C12H21BrN4/c1-2-17-12(14-10-15-17)9-16-7-5-3-4-6-11(16)8-13/h10-11H,2-9H2,1H3. The van der Waals surface area contributed by atoms with Crippen molar-refractivity contribution < 1.29 is 0 Å². The van der Waals surface area contributed by atoms with E-state index in [1.165, 1.54) is 32.2 Å². The van der Waals surface area contributed by atoms with Crippen LogP contribution in [0.4, 0.5) is 0 Å². The van der Waals surface area contributed by atoms with E-state index in [2.05, 4.69) is 37.8 Å². The van der Waals surface area contributed by atoms with E-state index in [1.54, 1.807) is 6.33 Å². The second-order valence-corrected chi connectivity index (χ2v) is 5.27. The Labute approximate surface area is 112 Å². The fraction of sp³-hybridized carbons (Fsp3) is 0.833. The Hall–Kier alpha value is -0.420. The second-order valence-electron chi connectivity index (χ2n) is 4.62. The number of alkyl halides is 1. The molecule has 2 heterocycles. The van der Waals surface area contributed by atoms with Crippen molar-refractivity contribution in [2.75, 3.05) is 11.9 Å². The van der Waals surface area contributed by atoms with Crippen LogP contribution in [0.3, 0.4) is 0 Å². The Morgan fingerprint density at radius 3 is 3.06 bits per heavy atom. The minimum atomic E-state index is 0.652. The molecule has 1 saturated heterocycles. The van der Waals surface area contributed by atoms with Crippen molar-refractivity contribution in [2.45, 2.75) is 51.7 Å².